The molecule has 0 N–H and O–H groups in total. The molecule has 26 heavy (non-hydrogen) atoms. The Labute approximate surface area is 158 Å². The van der Waals surface area contributed by atoms with E-state index in [0.29, 0.717) is 6.61 Å². The highest BCUT2D eigenvalue weighted by molar-refractivity contribution is 7.99. The lowest BCUT2D eigenvalue weighted by atomic mass is 10.1. The maximum atomic E-state index is 5.52. The van der Waals surface area contributed by atoms with Gasteiger partial charge in [-0.1, -0.05) is 41.6 Å². The molecule has 0 bridgehead atoms. The maximum Gasteiger partial charge on any atom is 0.196 e. The number of hydrogen-bond acceptors (Lipinski definition) is 5. The SMILES string of the molecule is CCOCCSc1nnc(-c2ccccc2OC)n1-c1ccc(C)cc1. The van der Waals surface area contributed by atoms with Crippen molar-refractivity contribution in [3.8, 4) is 22.8 Å². The van der Waals surface area contributed by atoms with Gasteiger partial charge in [-0.05, 0) is 38.1 Å². The quantitative estimate of drug-likeness (QED) is 0.436. The van der Waals surface area contributed by atoms with Gasteiger partial charge in [0.1, 0.15) is 5.75 Å². The first-order chi connectivity index (χ1) is 12.7. The van der Waals surface area contributed by atoms with Crippen LogP contribution in [-0.4, -0.2) is 40.8 Å². The molecule has 6 heteroatoms. The van der Waals surface area contributed by atoms with E-state index < -0.39 is 0 Å². The molecule has 0 saturated carbocycles. The molecule has 3 rings (SSSR count). The van der Waals surface area contributed by atoms with E-state index in [1.807, 2.05) is 31.2 Å². The Balaban J connectivity index is 2.04. The molecule has 0 amide bonds. The summed E-state index contributed by atoms with van der Waals surface area (Å²) in [5.41, 5.74) is 3.16. The van der Waals surface area contributed by atoms with E-state index in [1.165, 1.54) is 5.56 Å². The lowest BCUT2D eigenvalue weighted by Crippen LogP contribution is -2.02. The third-order valence-electron chi connectivity index (χ3n) is 3.94. The topological polar surface area (TPSA) is 49.2 Å². The van der Waals surface area contributed by atoms with Gasteiger partial charge >= 0.3 is 0 Å². The van der Waals surface area contributed by atoms with Crippen LogP contribution in [0.5, 0.6) is 5.75 Å². The van der Waals surface area contributed by atoms with Gasteiger partial charge in [0.25, 0.3) is 0 Å². The number of thioether (sulfide) groups is 1. The minimum atomic E-state index is 0.686. The van der Waals surface area contributed by atoms with Crippen LogP contribution in [0.25, 0.3) is 17.1 Å². The summed E-state index contributed by atoms with van der Waals surface area (Å²) in [4.78, 5) is 0. The van der Waals surface area contributed by atoms with Gasteiger partial charge in [0.2, 0.25) is 0 Å². The van der Waals surface area contributed by atoms with Crippen LogP contribution < -0.4 is 4.74 Å². The zero-order valence-corrected chi connectivity index (χ0v) is 16.1. The lowest BCUT2D eigenvalue weighted by Gasteiger charge is -2.12. The van der Waals surface area contributed by atoms with Crippen molar-refractivity contribution in [3.63, 3.8) is 0 Å². The number of nitrogens with zero attached hydrogens (tertiary/aromatic N) is 3. The van der Waals surface area contributed by atoms with Crippen molar-refractivity contribution in [2.75, 3.05) is 26.1 Å². The van der Waals surface area contributed by atoms with E-state index in [0.717, 1.165) is 40.3 Å². The van der Waals surface area contributed by atoms with Gasteiger partial charge in [-0.2, -0.15) is 0 Å². The number of ether oxygens (including phenoxy) is 2. The lowest BCUT2D eigenvalue weighted by molar-refractivity contribution is 0.164. The van der Waals surface area contributed by atoms with Crippen molar-refractivity contribution in [1.82, 2.24) is 14.8 Å². The highest BCUT2D eigenvalue weighted by Crippen LogP contribution is 2.33. The fraction of sp³-hybridized carbons (Fsp3) is 0.300. The minimum Gasteiger partial charge on any atom is -0.496 e. The molecule has 0 aliphatic carbocycles. The maximum absolute atomic E-state index is 5.52. The second kappa shape index (κ2) is 8.87. The molecule has 1 aromatic heterocycles. The van der Waals surface area contributed by atoms with E-state index in [9.17, 15) is 0 Å². The second-order valence-corrected chi connectivity index (χ2v) is 6.78. The van der Waals surface area contributed by atoms with Gasteiger partial charge in [-0.25, -0.2) is 0 Å². The predicted octanol–water partition coefficient (Wildman–Crippen LogP) is 4.38. The summed E-state index contributed by atoms with van der Waals surface area (Å²) >= 11 is 1.64. The Kier molecular flexibility index (Phi) is 6.30. The van der Waals surface area contributed by atoms with Crippen LogP contribution >= 0.6 is 11.8 Å². The number of aromatic nitrogens is 3. The number of rotatable bonds is 8. The molecule has 0 fully saturated rings. The van der Waals surface area contributed by atoms with Crippen LogP contribution in [-0.2, 0) is 4.74 Å². The van der Waals surface area contributed by atoms with Gasteiger partial charge in [-0.15, -0.1) is 10.2 Å². The summed E-state index contributed by atoms with van der Waals surface area (Å²) in [6, 6.07) is 16.2. The van der Waals surface area contributed by atoms with Crippen molar-refractivity contribution in [2.45, 2.75) is 19.0 Å². The monoisotopic (exact) mass is 369 g/mol. The van der Waals surface area contributed by atoms with Gasteiger partial charge in [0.15, 0.2) is 11.0 Å². The zero-order chi connectivity index (χ0) is 18.4. The fourth-order valence-corrected chi connectivity index (χ4v) is 3.43. The van der Waals surface area contributed by atoms with Gasteiger partial charge < -0.3 is 9.47 Å². The van der Waals surface area contributed by atoms with Crippen molar-refractivity contribution in [1.29, 1.82) is 0 Å². The highest BCUT2D eigenvalue weighted by Gasteiger charge is 2.18. The third-order valence-corrected chi connectivity index (χ3v) is 4.83. The first-order valence-corrected chi connectivity index (χ1v) is 9.59. The zero-order valence-electron chi connectivity index (χ0n) is 15.3. The molecule has 0 aliphatic heterocycles. The van der Waals surface area contributed by atoms with E-state index in [-0.39, 0.29) is 0 Å². The molecule has 0 aliphatic rings. The van der Waals surface area contributed by atoms with Crippen molar-refractivity contribution in [2.24, 2.45) is 0 Å². The summed E-state index contributed by atoms with van der Waals surface area (Å²) in [6.45, 7) is 5.48. The Hall–Kier alpha value is -2.31. The summed E-state index contributed by atoms with van der Waals surface area (Å²) in [5, 5.41) is 9.74. The smallest absolute Gasteiger partial charge is 0.196 e. The molecule has 0 spiro atoms. The predicted molar refractivity (Wildman–Crippen MR) is 105 cm³/mol. The van der Waals surface area contributed by atoms with Gasteiger partial charge in [-0.3, -0.25) is 4.57 Å². The van der Waals surface area contributed by atoms with Crippen LogP contribution in [0, 0.1) is 6.92 Å². The number of para-hydroxylation sites is 1. The molecule has 0 unspecified atom stereocenters. The molecule has 0 radical (unpaired) electrons. The Morgan fingerprint density at radius 3 is 2.54 bits per heavy atom. The molecule has 136 valence electrons. The number of methoxy groups -OCH3 is 1. The van der Waals surface area contributed by atoms with Crippen molar-refractivity contribution < 1.29 is 9.47 Å². The largest absolute Gasteiger partial charge is 0.496 e. The van der Waals surface area contributed by atoms with Crippen LogP contribution in [0.15, 0.2) is 53.7 Å². The van der Waals surface area contributed by atoms with Crippen LogP contribution in [0.2, 0.25) is 0 Å². The molecule has 5 nitrogen and oxygen atoms in total. The van der Waals surface area contributed by atoms with E-state index in [1.54, 1.807) is 18.9 Å². The van der Waals surface area contributed by atoms with E-state index in [2.05, 4.69) is 46.0 Å². The normalized spacial score (nSPS) is 10.9. The number of aryl methyl sites for hydroxylation is 1. The average molecular weight is 369 g/mol. The molecular formula is C20H23N3O2S. The minimum absolute atomic E-state index is 0.686. The molecule has 2 aromatic carbocycles. The van der Waals surface area contributed by atoms with Gasteiger partial charge in [0, 0.05) is 18.0 Å². The summed E-state index contributed by atoms with van der Waals surface area (Å²) in [7, 11) is 1.67. The van der Waals surface area contributed by atoms with Gasteiger partial charge in [0.05, 0.1) is 19.3 Å². The Morgan fingerprint density at radius 2 is 1.81 bits per heavy atom. The standard InChI is InChI=1S/C20H23N3O2S/c1-4-25-13-14-26-20-22-21-19(17-7-5-6-8-18(17)24-3)23(20)16-11-9-15(2)10-12-16/h5-12H,4,13-14H2,1-3H3. The third kappa shape index (κ3) is 4.08. The number of hydrogen-bond donors (Lipinski definition) is 0. The van der Waals surface area contributed by atoms with Crippen LogP contribution in [0.4, 0.5) is 0 Å². The first kappa shape index (κ1) is 18.5. The average Bonchev–Trinajstić information content (AvgIpc) is 3.09. The van der Waals surface area contributed by atoms with Crippen molar-refractivity contribution in [3.05, 3.63) is 54.1 Å². The molecule has 3 aromatic rings. The van der Waals surface area contributed by atoms with E-state index >= 15 is 0 Å². The van der Waals surface area contributed by atoms with E-state index in [4.69, 9.17) is 9.47 Å². The highest BCUT2D eigenvalue weighted by atomic mass is 32.2. The Bertz CT molecular complexity index is 847. The van der Waals surface area contributed by atoms with Crippen LogP contribution in [0.3, 0.4) is 0 Å². The van der Waals surface area contributed by atoms with Crippen LogP contribution in [0.1, 0.15) is 12.5 Å². The summed E-state index contributed by atoms with van der Waals surface area (Å²) in [6.07, 6.45) is 0. The Morgan fingerprint density at radius 1 is 1.04 bits per heavy atom. The molecule has 0 atom stereocenters. The summed E-state index contributed by atoms with van der Waals surface area (Å²) < 4.78 is 13.0. The summed E-state index contributed by atoms with van der Waals surface area (Å²) in [5.74, 6) is 2.37. The first-order valence-electron chi connectivity index (χ1n) is 8.61. The molecular weight excluding hydrogens is 346 g/mol. The number of benzene rings is 2. The second-order valence-electron chi connectivity index (χ2n) is 5.72. The molecule has 1 heterocycles. The fourth-order valence-electron chi connectivity index (χ4n) is 2.63. The van der Waals surface area contributed by atoms with Crippen molar-refractivity contribution >= 4 is 11.8 Å². The molecule has 0 saturated heterocycles.